The molecule has 1 saturated heterocycles. The maximum Gasteiger partial charge on any atom is 0.411 e. The van der Waals surface area contributed by atoms with Crippen molar-refractivity contribution in [1.82, 2.24) is 15.2 Å². The summed E-state index contributed by atoms with van der Waals surface area (Å²) in [5, 5.41) is 4.86. The van der Waals surface area contributed by atoms with Gasteiger partial charge in [-0.15, -0.1) is 11.3 Å². The van der Waals surface area contributed by atoms with Crippen LogP contribution in [0.3, 0.4) is 0 Å². The molecule has 1 aliphatic heterocycles. The number of rotatable bonds is 7. The van der Waals surface area contributed by atoms with E-state index in [2.05, 4.69) is 17.2 Å². The average molecular weight is 482 g/mol. The van der Waals surface area contributed by atoms with Crippen LogP contribution in [0.1, 0.15) is 86.3 Å². The minimum atomic E-state index is -0.769. The van der Waals surface area contributed by atoms with Gasteiger partial charge in [-0.25, -0.2) is 14.6 Å². The van der Waals surface area contributed by atoms with Crippen molar-refractivity contribution in [2.45, 2.75) is 104 Å². The van der Waals surface area contributed by atoms with Gasteiger partial charge in [0.05, 0.1) is 11.2 Å². The summed E-state index contributed by atoms with van der Waals surface area (Å²) >= 11 is 1.49. The number of esters is 1. The number of hydrogen-bond donors (Lipinski definition) is 1. The van der Waals surface area contributed by atoms with Crippen molar-refractivity contribution in [1.29, 1.82) is 0 Å². The smallest absolute Gasteiger partial charge is 0.411 e. The lowest BCUT2D eigenvalue weighted by Crippen LogP contribution is -2.50. The summed E-state index contributed by atoms with van der Waals surface area (Å²) in [7, 11) is 0. The van der Waals surface area contributed by atoms with Gasteiger partial charge in [0.2, 0.25) is 5.91 Å². The third-order valence-electron chi connectivity index (χ3n) is 5.54. The van der Waals surface area contributed by atoms with Gasteiger partial charge in [-0.1, -0.05) is 13.3 Å². The lowest BCUT2D eigenvalue weighted by molar-refractivity contribution is -0.160. The highest BCUT2D eigenvalue weighted by Gasteiger charge is 2.51. The SMILES string of the molecule is CCC(CNC(C)=O)C[C@@H]1[C@H](c2cscn2)C[C@H](C(=O)OC(C)(C)C)N1C(=O)OC(C)(C)C. The number of amides is 2. The minimum Gasteiger partial charge on any atom is -0.458 e. The van der Waals surface area contributed by atoms with Crippen molar-refractivity contribution in [3.8, 4) is 0 Å². The topological polar surface area (TPSA) is 97.8 Å². The van der Waals surface area contributed by atoms with Crippen LogP contribution < -0.4 is 5.32 Å². The number of likely N-dealkylation sites (tertiary alicyclic amines) is 1. The van der Waals surface area contributed by atoms with E-state index < -0.39 is 29.3 Å². The second-order valence-corrected chi connectivity index (χ2v) is 11.4. The van der Waals surface area contributed by atoms with Crippen molar-refractivity contribution in [3.05, 3.63) is 16.6 Å². The van der Waals surface area contributed by atoms with Crippen LogP contribution in [0.4, 0.5) is 4.79 Å². The molecule has 2 amide bonds. The largest absolute Gasteiger partial charge is 0.458 e. The Morgan fingerprint density at radius 2 is 1.82 bits per heavy atom. The van der Waals surface area contributed by atoms with Gasteiger partial charge in [0.15, 0.2) is 0 Å². The van der Waals surface area contributed by atoms with Crippen LogP contribution in [0.25, 0.3) is 0 Å². The van der Waals surface area contributed by atoms with Gasteiger partial charge in [0.25, 0.3) is 0 Å². The van der Waals surface area contributed by atoms with Crippen LogP contribution in [0.5, 0.6) is 0 Å². The number of carbonyl (C=O) groups is 3. The number of nitrogens with one attached hydrogen (secondary N) is 1. The molecule has 1 aromatic rings. The fraction of sp³-hybridized carbons (Fsp3) is 0.750. The summed E-state index contributed by atoms with van der Waals surface area (Å²) in [6, 6.07) is -1.08. The molecule has 0 aliphatic carbocycles. The molecule has 4 atom stereocenters. The molecule has 33 heavy (non-hydrogen) atoms. The highest BCUT2D eigenvalue weighted by Crippen LogP contribution is 2.42. The second-order valence-electron chi connectivity index (χ2n) is 10.7. The molecule has 1 fully saturated rings. The van der Waals surface area contributed by atoms with E-state index in [0.29, 0.717) is 19.4 Å². The molecule has 2 heterocycles. The van der Waals surface area contributed by atoms with E-state index in [1.807, 2.05) is 46.9 Å². The van der Waals surface area contributed by atoms with E-state index in [9.17, 15) is 14.4 Å². The van der Waals surface area contributed by atoms with Gasteiger partial charge in [0.1, 0.15) is 17.2 Å². The predicted octanol–water partition coefficient (Wildman–Crippen LogP) is 4.50. The second kappa shape index (κ2) is 10.8. The van der Waals surface area contributed by atoms with Gasteiger partial charge >= 0.3 is 12.1 Å². The van der Waals surface area contributed by atoms with Crippen LogP contribution in [0.15, 0.2) is 10.9 Å². The fourth-order valence-electron chi connectivity index (χ4n) is 4.12. The third-order valence-corrected chi connectivity index (χ3v) is 6.15. The molecule has 1 unspecified atom stereocenters. The van der Waals surface area contributed by atoms with Gasteiger partial charge in [-0.05, 0) is 60.3 Å². The van der Waals surface area contributed by atoms with E-state index in [1.54, 1.807) is 10.4 Å². The zero-order valence-electron chi connectivity index (χ0n) is 21.1. The molecular formula is C24H39N3O5S. The molecule has 1 aliphatic rings. The normalized spacial score (nSPS) is 22.1. The number of carbonyl (C=O) groups excluding carboxylic acids is 3. The Bertz CT molecular complexity index is 813. The summed E-state index contributed by atoms with van der Waals surface area (Å²) in [5.74, 6) is -0.535. The van der Waals surface area contributed by atoms with Gasteiger partial charge in [-0.2, -0.15) is 0 Å². The third kappa shape index (κ3) is 7.98. The Balaban J connectivity index is 2.44. The summed E-state index contributed by atoms with van der Waals surface area (Å²) in [4.78, 5) is 44.2. The summed E-state index contributed by atoms with van der Waals surface area (Å²) in [6.45, 7) is 14.9. The van der Waals surface area contributed by atoms with E-state index in [0.717, 1.165) is 12.1 Å². The van der Waals surface area contributed by atoms with E-state index in [4.69, 9.17) is 9.47 Å². The lowest BCUT2D eigenvalue weighted by atomic mass is 9.87. The number of aromatic nitrogens is 1. The molecular weight excluding hydrogens is 442 g/mol. The molecule has 8 nitrogen and oxygen atoms in total. The first kappa shape index (κ1) is 27.1. The monoisotopic (exact) mass is 481 g/mol. The first-order valence-corrected chi connectivity index (χ1v) is 12.5. The summed E-state index contributed by atoms with van der Waals surface area (Å²) in [5.41, 5.74) is 1.24. The predicted molar refractivity (Wildman–Crippen MR) is 128 cm³/mol. The van der Waals surface area contributed by atoms with Crippen LogP contribution in [0, 0.1) is 5.92 Å². The van der Waals surface area contributed by atoms with Crippen molar-refractivity contribution in [2.24, 2.45) is 5.92 Å². The molecule has 0 spiro atoms. The maximum atomic E-state index is 13.4. The Morgan fingerprint density at radius 3 is 2.30 bits per heavy atom. The minimum absolute atomic E-state index is 0.0912. The molecule has 9 heteroatoms. The Labute approximate surface area is 201 Å². The van der Waals surface area contributed by atoms with E-state index >= 15 is 0 Å². The summed E-state index contributed by atoms with van der Waals surface area (Å²) < 4.78 is 11.4. The Kier molecular flexibility index (Phi) is 8.90. The van der Waals surface area contributed by atoms with Crippen LogP contribution in [-0.2, 0) is 19.1 Å². The quantitative estimate of drug-likeness (QED) is 0.576. The zero-order chi connectivity index (χ0) is 25.0. The number of thiazole rings is 1. The fourth-order valence-corrected chi connectivity index (χ4v) is 4.74. The van der Waals surface area contributed by atoms with Crippen molar-refractivity contribution < 1.29 is 23.9 Å². The van der Waals surface area contributed by atoms with Gasteiger partial charge in [0, 0.05) is 30.8 Å². The van der Waals surface area contributed by atoms with Crippen molar-refractivity contribution in [3.63, 3.8) is 0 Å². The molecule has 0 aromatic carbocycles. The molecule has 1 aromatic heterocycles. The molecule has 2 rings (SSSR count). The number of hydrogen-bond acceptors (Lipinski definition) is 7. The highest BCUT2D eigenvalue weighted by atomic mass is 32.1. The highest BCUT2D eigenvalue weighted by molar-refractivity contribution is 7.07. The van der Waals surface area contributed by atoms with Crippen LogP contribution >= 0.6 is 11.3 Å². The first-order valence-electron chi connectivity index (χ1n) is 11.6. The Hall–Kier alpha value is -2.16. The molecule has 0 radical (unpaired) electrons. The van der Waals surface area contributed by atoms with Gasteiger partial charge < -0.3 is 14.8 Å². The number of ether oxygens (including phenoxy) is 2. The standard InChI is InChI=1S/C24H39N3O5S/c1-9-16(12-25-15(2)28)10-19-17(18-13-33-14-26-18)11-20(21(29)31-23(3,4)5)27(19)22(30)32-24(6,7)8/h13-14,16-17,19-20H,9-12H2,1-8H3,(H,25,28)/t16?,17-,19+,20+/m0/s1. The van der Waals surface area contributed by atoms with Gasteiger partial charge in [-0.3, -0.25) is 9.69 Å². The molecule has 0 saturated carbocycles. The van der Waals surface area contributed by atoms with Crippen LogP contribution in [-0.4, -0.2) is 57.7 Å². The van der Waals surface area contributed by atoms with E-state index in [1.165, 1.54) is 18.3 Å². The van der Waals surface area contributed by atoms with Crippen molar-refractivity contribution in [2.75, 3.05) is 6.54 Å². The number of nitrogens with zero attached hydrogens (tertiary/aromatic N) is 2. The van der Waals surface area contributed by atoms with E-state index in [-0.39, 0.29) is 23.8 Å². The molecule has 1 N–H and O–H groups in total. The summed E-state index contributed by atoms with van der Waals surface area (Å²) in [6.07, 6.45) is 1.31. The first-order chi connectivity index (χ1) is 15.2. The molecule has 186 valence electrons. The van der Waals surface area contributed by atoms with Crippen LogP contribution in [0.2, 0.25) is 0 Å². The molecule has 0 bridgehead atoms. The Morgan fingerprint density at radius 1 is 1.18 bits per heavy atom. The lowest BCUT2D eigenvalue weighted by Gasteiger charge is -2.35. The maximum absolute atomic E-state index is 13.4. The average Bonchev–Trinajstić information content (AvgIpc) is 3.29. The van der Waals surface area contributed by atoms with Crippen molar-refractivity contribution >= 4 is 29.3 Å². The zero-order valence-corrected chi connectivity index (χ0v) is 22.0.